The van der Waals surface area contributed by atoms with Crippen molar-refractivity contribution in [2.24, 2.45) is 0 Å². The molecule has 0 saturated carbocycles. The summed E-state index contributed by atoms with van der Waals surface area (Å²) in [5.74, 6) is 0.499. The van der Waals surface area contributed by atoms with Crippen LogP contribution in [0.5, 0.6) is 0 Å². The van der Waals surface area contributed by atoms with Crippen molar-refractivity contribution in [3.63, 3.8) is 0 Å². The van der Waals surface area contributed by atoms with Gasteiger partial charge < -0.3 is 9.80 Å². The van der Waals surface area contributed by atoms with Gasteiger partial charge in [0.15, 0.2) is 5.82 Å². The average molecular weight is 391 g/mol. The minimum atomic E-state index is -0.441. The SMILES string of the molecule is CC1(C)S[C@H]2C(N3CNC(c4ccsc4)C3=O)C(=O)N2C1c1nnn[nH]1. The molecule has 2 aromatic rings. The lowest BCUT2D eigenvalue weighted by Gasteiger charge is -2.47. The number of hydrogen-bond acceptors (Lipinski definition) is 8. The quantitative estimate of drug-likeness (QED) is 0.734. The number of nitrogens with zero attached hydrogens (tertiary/aromatic N) is 5. The van der Waals surface area contributed by atoms with Gasteiger partial charge in [0.05, 0.1) is 6.67 Å². The molecule has 11 heteroatoms. The molecule has 2 aromatic heterocycles. The number of thioether (sulfide) groups is 1. The maximum absolute atomic E-state index is 13.0. The van der Waals surface area contributed by atoms with Crippen molar-refractivity contribution in [1.29, 1.82) is 0 Å². The summed E-state index contributed by atoms with van der Waals surface area (Å²) in [7, 11) is 0. The molecule has 0 aromatic carbocycles. The third-order valence-electron chi connectivity index (χ3n) is 5.24. The number of amides is 2. The predicted octanol–water partition coefficient (Wildman–Crippen LogP) is 0.495. The van der Waals surface area contributed by atoms with E-state index in [-0.39, 0.29) is 34.0 Å². The molecule has 136 valence electrons. The van der Waals surface area contributed by atoms with Gasteiger partial charge in [-0.25, -0.2) is 5.10 Å². The van der Waals surface area contributed by atoms with Crippen LogP contribution in [0.15, 0.2) is 16.8 Å². The second-order valence-corrected chi connectivity index (χ2v) is 9.70. The van der Waals surface area contributed by atoms with Crippen LogP contribution < -0.4 is 5.32 Å². The monoisotopic (exact) mass is 391 g/mol. The van der Waals surface area contributed by atoms with E-state index in [0.717, 1.165) is 5.56 Å². The second kappa shape index (κ2) is 5.51. The first-order chi connectivity index (χ1) is 12.5. The van der Waals surface area contributed by atoms with E-state index >= 15 is 0 Å². The molecule has 3 aliphatic heterocycles. The first kappa shape index (κ1) is 16.2. The topological polar surface area (TPSA) is 107 Å². The number of β-lactam (4-membered cyclic amide) rings is 1. The van der Waals surface area contributed by atoms with Gasteiger partial charge in [0.25, 0.3) is 0 Å². The Morgan fingerprint density at radius 2 is 2.15 bits per heavy atom. The highest BCUT2D eigenvalue weighted by Gasteiger charge is 2.65. The zero-order chi connectivity index (χ0) is 18.1. The molecule has 3 fully saturated rings. The highest BCUT2D eigenvalue weighted by Crippen LogP contribution is 2.57. The summed E-state index contributed by atoms with van der Waals surface area (Å²) < 4.78 is -0.251. The lowest BCUT2D eigenvalue weighted by Crippen LogP contribution is -2.68. The summed E-state index contributed by atoms with van der Waals surface area (Å²) in [4.78, 5) is 29.4. The van der Waals surface area contributed by atoms with Gasteiger partial charge >= 0.3 is 0 Å². The van der Waals surface area contributed by atoms with Gasteiger partial charge in [-0.1, -0.05) is 0 Å². The number of tetrazole rings is 1. The molecule has 3 unspecified atom stereocenters. The molecular formula is C15H17N7O2S2. The molecule has 0 spiro atoms. The van der Waals surface area contributed by atoms with Crippen LogP contribution in [0.4, 0.5) is 0 Å². The minimum absolute atomic E-state index is 0.0374. The van der Waals surface area contributed by atoms with Crippen LogP contribution in [0.2, 0.25) is 0 Å². The first-order valence-corrected chi connectivity index (χ1v) is 10.1. The molecule has 5 heterocycles. The Morgan fingerprint density at radius 1 is 1.31 bits per heavy atom. The molecule has 0 radical (unpaired) electrons. The second-order valence-electron chi connectivity index (χ2n) is 7.15. The minimum Gasteiger partial charge on any atom is -0.314 e. The van der Waals surface area contributed by atoms with Crippen LogP contribution in [0.3, 0.4) is 0 Å². The van der Waals surface area contributed by atoms with Crippen molar-refractivity contribution in [1.82, 2.24) is 35.7 Å². The molecule has 0 bridgehead atoms. The standard InChI is InChI=1S/C15H17N7O2S2/c1-15(2)10(11-17-19-20-18-11)22-13(24)9(14(22)26-15)21-6-16-8(12(21)23)7-3-4-25-5-7/h3-5,8-10,14,16H,6H2,1-2H3,(H,17,18,19,20)/t8?,9?,10?,14-/m0/s1. The molecule has 4 atom stereocenters. The van der Waals surface area contributed by atoms with Crippen LogP contribution in [0, 0.1) is 0 Å². The Hall–Kier alpha value is -1.98. The van der Waals surface area contributed by atoms with Gasteiger partial charge in [0, 0.05) is 4.75 Å². The van der Waals surface area contributed by atoms with Gasteiger partial charge in [-0.3, -0.25) is 14.9 Å². The van der Waals surface area contributed by atoms with Crippen LogP contribution in [0.1, 0.15) is 37.3 Å². The van der Waals surface area contributed by atoms with Crippen molar-refractivity contribution in [3.05, 3.63) is 28.2 Å². The molecule has 9 nitrogen and oxygen atoms in total. The number of thiophene rings is 1. The first-order valence-electron chi connectivity index (χ1n) is 8.28. The number of rotatable bonds is 3. The normalized spacial score (nSPS) is 32.8. The molecule has 3 aliphatic rings. The van der Waals surface area contributed by atoms with Gasteiger partial charge in [-0.05, 0) is 46.7 Å². The van der Waals surface area contributed by atoms with Crippen molar-refractivity contribution in [3.8, 4) is 0 Å². The fraction of sp³-hybridized carbons (Fsp3) is 0.533. The van der Waals surface area contributed by atoms with Gasteiger partial charge in [0.1, 0.15) is 23.5 Å². The summed E-state index contributed by atoms with van der Waals surface area (Å²) in [5.41, 5.74) is 0.955. The Kier molecular flexibility index (Phi) is 3.43. The maximum atomic E-state index is 13.0. The van der Waals surface area contributed by atoms with Crippen molar-refractivity contribution in [2.45, 2.75) is 42.1 Å². The third-order valence-corrected chi connectivity index (χ3v) is 7.50. The molecule has 2 amide bonds. The number of fused-ring (bicyclic) bond motifs is 1. The van der Waals surface area contributed by atoms with E-state index in [2.05, 4.69) is 39.8 Å². The predicted molar refractivity (Wildman–Crippen MR) is 94.9 cm³/mol. The van der Waals surface area contributed by atoms with E-state index in [9.17, 15) is 9.59 Å². The fourth-order valence-corrected chi connectivity index (χ4v) is 6.46. The van der Waals surface area contributed by atoms with Crippen molar-refractivity contribution >= 4 is 34.9 Å². The number of nitrogens with one attached hydrogen (secondary N) is 2. The molecule has 2 N–H and O–H groups in total. The van der Waals surface area contributed by atoms with Crippen LogP contribution >= 0.6 is 23.1 Å². The highest BCUT2D eigenvalue weighted by molar-refractivity contribution is 8.01. The summed E-state index contributed by atoms with van der Waals surface area (Å²) in [6.07, 6.45) is 0. The summed E-state index contributed by atoms with van der Waals surface area (Å²) in [6, 6.07) is 0.911. The van der Waals surface area contributed by atoms with Crippen molar-refractivity contribution in [2.75, 3.05) is 6.67 Å². The van der Waals surface area contributed by atoms with Gasteiger partial charge in [0.2, 0.25) is 11.8 Å². The highest BCUT2D eigenvalue weighted by atomic mass is 32.2. The van der Waals surface area contributed by atoms with Crippen LogP contribution in [-0.4, -0.2) is 65.1 Å². The van der Waals surface area contributed by atoms with E-state index in [1.807, 2.05) is 21.7 Å². The third kappa shape index (κ3) is 2.10. The molecule has 26 heavy (non-hydrogen) atoms. The zero-order valence-corrected chi connectivity index (χ0v) is 15.8. The van der Waals surface area contributed by atoms with Gasteiger partial charge in [-0.15, -0.1) is 16.9 Å². The summed E-state index contributed by atoms with van der Waals surface area (Å²) in [6.45, 7) is 4.53. The lowest BCUT2D eigenvalue weighted by atomic mass is 9.94. The van der Waals surface area contributed by atoms with Crippen molar-refractivity contribution < 1.29 is 9.59 Å². The summed E-state index contributed by atoms with van der Waals surface area (Å²) >= 11 is 3.25. The largest absolute Gasteiger partial charge is 0.314 e. The Labute approximate surface area is 157 Å². The lowest BCUT2D eigenvalue weighted by molar-refractivity contribution is -0.161. The summed E-state index contributed by atoms with van der Waals surface area (Å²) in [5, 5.41) is 21.2. The number of carbonyl (C=O) groups is 2. The van der Waals surface area contributed by atoms with E-state index in [4.69, 9.17) is 0 Å². The maximum Gasteiger partial charge on any atom is 0.250 e. The Balaban J connectivity index is 1.40. The fourth-order valence-electron chi connectivity index (χ4n) is 4.06. The smallest absolute Gasteiger partial charge is 0.250 e. The number of aromatic nitrogens is 4. The number of aromatic amines is 1. The zero-order valence-electron chi connectivity index (χ0n) is 14.1. The van der Waals surface area contributed by atoms with E-state index < -0.39 is 6.04 Å². The Bertz CT molecular complexity index is 853. The molecule has 3 saturated heterocycles. The average Bonchev–Trinajstić information content (AvgIpc) is 3.36. The van der Waals surface area contributed by atoms with Crippen LogP contribution in [-0.2, 0) is 9.59 Å². The van der Waals surface area contributed by atoms with Crippen LogP contribution in [0.25, 0.3) is 0 Å². The van der Waals surface area contributed by atoms with E-state index in [0.29, 0.717) is 12.5 Å². The molecule has 0 aliphatic carbocycles. The molecular weight excluding hydrogens is 374 g/mol. The van der Waals surface area contributed by atoms with Gasteiger partial charge in [-0.2, -0.15) is 11.3 Å². The number of carbonyl (C=O) groups excluding carboxylic acids is 2. The molecule has 5 rings (SSSR count). The van der Waals surface area contributed by atoms with E-state index in [1.54, 1.807) is 28.0 Å². The number of hydrogen-bond donors (Lipinski definition) is 2. The number of H-pyrrole nitrogens is 1. The van der Waals surface area contributed by atoms with E-state index in [1.165, 1.54) is 0 Å². The Morgan fingerprint density at radius 3 is 2.85 bits per heavy atom.